The first-order valence-corrected chi connectivity index (χ1v) is 7.60. The molecule has 1 aliphatic rings. The molecule has 0 aliphatic carbocycles. The lowest BCUT2D eigenvalue weighted by Gasteiger charge is -2.13. The van der Waals surface area contributed by atoms with Crippen LogP contribution in [0.25, 0.3) is 0 Å². The van der Waals surface area contributed by atoms with Crippen LogP contribution in [-0.4, -0.2) is 46.7 Å². The van der Waals surface area contributed by atoms with Gasteiger partial charge in [-0.15, -0.1) is 0 Å². The lowest BCUT2D eigenvalue weighted by atomic mass is 10.3. The molecule has 1 aromatic rings. The van der Waals surface area contributed by atoms with Gasteiger partial charge in [-0.2, -0.15) is 9.40 Å². The largest absolute Gasteiger partial charge is 0.478 e. The molecule has 0 aromatic carbocycles. The Morgan fingerprint density at radius 3 is 2.42 bits per heavy atom. The Morgan fingerprint density at radius 1 is 1.37 bits per heavy atom. The number of hydrogen-bond donors (Lipinski definition) is 1. The van der Waals surface area contributed by atoms with E-state index in [1.54, 1.807) is 0 Å². The second-order valence-corrected chi connectivity index (χ2v) is 6.69. The van der Waals surface area contributed by atoms with E-state index in [2.05, 4.69) is 5.10 Å². The minimum atomic E-state index is -3.81. The van der Waals surface area contributed by atoms with Crippen molar-refractivity contribution in [2.75, 3.05) is 13.1 Å². The summed E-state index contributed by atoms with van der Waals surface area (Å²) in [4.78, 5) is 11.2. The van der Waals surface area contributed by atoms with E-state index in [0.717, 1.165) is 12.8 Å². The van der Waals surface area contributed by atoms with E-state index in [1.807, 2.05) is 13.8 Å². The molecule has 7 nitrogen and oxygen atoms in total. The van der Waals surface area contributed by atoms with Gasteiger partial charge in [0.1, 0.15) is 5.56 Å². The summed E-state index contributed by atoms with van der Waals surface area (Å²) in [7, 11) is -3.81. The molecular weight excluding hydrogens is 270 g/mol. The van der Waals surface area contributed by atoms with Crippen LogP contribution in [0.5, 0.6) is 0 Å². The number of hydrogen-bond acceptors (Lipinski definition) is 4. The van der Waals surface area contributed by atoms with E-state index < -0.39 is 16.0 Å². The molecule has 106 valence electrons. The Bertz CT molecular complexity index is 585. The molecule has 0 saturated carbocycles. The van der Waals surface area contributed by atoms with Gasteiger partial charge in [0.25, 0.3) is 10.0 Å². The molecular formula is C11H17N3O4S. The van der Waals surface area contributed by atoms with Crippen LogP contribution >= 0.6 is 0 Å². The highest BCUT2D eigenvalue weighted by Gasteiger charge is 2.34. The average molecular weight is 287 g/mol. The van der Waals surface area contributed by atoms with E-state index in [1.165, 1.54) is 15.2 Å². The predicted octanol–water partition coefficient (Wildman–Crippen LogP) is 0.947. The average Bonchev–Trinajstić information content (AvgIpc) is 2.99. The molecule has 2 heterocycles. The van der Waals surface area contributed by atoms with Crippen molar-refractivity contribution in [1.29, 1.82) is 0 Å². The molecule has 1 aromatic heterocycles. The molecule has 1 aliphatic heterocycles. The number of aromatic carboxylic acids is 1. The first-order valence-electron chi connectivity index (χ1n) is 6.16. The molecule has 0 bridgehead atoms. The first kappa shape index (κ1) is 14.0. The monoisotopic (exact) mass is 287 g/mol. The third-order valence-corrected chi connectivity index (χ3v) is 4.94. The van der Waals surface area contributed by atoms with E-state index in [0.29, 0.717) is 13.1 Å². The first-order chi connectivity index (χ1) is 8.84. The molecule has 0 spiro atoms. The molecule has 0 unspecified atom stereocenters. The van der Waals surface area contributed by atoms with Crippen LogP contribution in [0.15, 0.2) is 11.2 Å². The molecule has 1 fully saturated rings. The molecule has 0 radical (unpaired) electrons. The summed E-state index contributed by atoms with van der Waals surface area (Å²) < 4.78 is 27.4. The Morgan fingerprint density at radius 2 is 1.95 bits per heavy atom. The zero-order valence-corrected chi connectivity index (χ0v) is 11.7. The number of carboxylic acids is 1. The highest BCUT2D eigenvalue weighted by molar-refractivity contribution is 7.89. The number of rotatable bonds is 4. The van der Waals surface area contributed by atoms with Crippen molar-refractivity contribution >= 4 is 16.0 Å². The second kappa shape index (κ2) is 4.93. The zero-order valence-electron chi connectivity index (χ0n) is 10.9. The summed E-state index contributed by atoms with van der Waals surface area (Å²) in [5, 5.41) is 12.7. The summed E-state index contributed by atoms with van der Waals surface area (Å²) in [5.74, 6) is -1.27. The van der Waals surface area contributed by atoms with Crippen molar-refractivity contribution in [3.05, 3.63) is 11.8 Å². The van der Waals surface area contributed by atoms with E-state index in [-0.39, 0.29) is 16.6 Å². The normalized spacial score (nSPS) is 17.2. The zero-order chi connectivity index (χ0) is 14.2. The smallest absolute Gasteiger partial charge is 0.340 e. The maximum atomic E-state index is 12.4. The fourth-order valence-corrected chi connectivity index (χ4v) is 3.63. The molecule has 19 heavy (non-hydrogen) atoms. The fraction of sp³-hybridized carbons (Fsp3) is 0.636. The predicted molar refractivity (Wildman–Crippen MR) is 67.6 cm³/mol. The summed E-state index contributed by atoms with van der Waals surface area (Å²) in [6.45, 7) is 4.47. The van der Waals surface area contributed by atoms with Crippen molar-refractivity contribution in [3.8, 4) is 0 Å². The Labute approximate surface area is 111 Å². The third kappa shape index (κ3) is 2.50. The summed E-state index contributed by atoms with van der Waals surface area (Å²) in [6.07, 6.45) is 2.87. The topological polar surface area (TPSA) is 92.5 Å². The Kier molecular flexibility index (Phi) is 3.64. The molecule has 2 rings (SSSR count). The van der Waals surface area contributed by atoms with Crippen molar-refractivity contribution in [3.63, 3.8) is 0 Å². The highest BCUT2D eigenvalue weighted by Crippen LogP contribution is 2.23. The minimum absolute atomic E-state index is 0.0966. The fourth-order valence-electron chi connectivity index (χ4n) is 2.03. The standard InChI is InChI=1S/C11H17N3O4S/c1-8(2)14-7-9(11(15)16)10(12-14)19(17,18)13-5-3-4-6-13/h7-8H,3-6H2,1-2H3,(H,15,16). The van der Waals surface area contributed by atoms with E-state index >= 15 is 0 Å². The lowest BCUT2D eigenvalue weighted by Crippen LogP contribution is -2.29. The quantitative estimate of drug-likeness (QED) is 0.890. The van der Waals surface area contributed by atoms with E-state index in [9.17, 15) is 13.2 Å². The number of carbonyl (C=O) groups is 1. The lowest BCUT2D eigenvalue weighted by molar-refractivity contribution is 0.0692. The van der Waals surface area contributed by atoms with Crippen molar-refractivity contribution in [2.45, 2.75) is 37.8 Å². The van der Waals surface area contributed by atoms with Crippen molar-refractivity contribution in [1.82, 2.24) is 14.1 Å². The SMILES string of the molecule is CC(C)n1cc(C(=O)O)c(S(=O)(=O)N2CCCC2)n1. The van der Waals surface area contributed by atoms with Gasteiger partial charge < -0.3 is 5.11 Å². The van der Waals surface area contributed by atoms with Gasteiger partial charge >= 0.3 is 5.97 Å². The van der Waals surface area contributed by atoms with Gasteiger partial charge in [-0.05, 0) is 26.7 Å². The van der Waals surface area contributed by atoms with Crippen LogP contribution in [0.3, 0.4) is 0 Å². The molecule has 0 atom stereocenters. The van der Waals surface area contributed by atoms with Crippen LogP contribution in [0, 0.1) is 0 Å². The number of sulfonamides is 1. The van der Waals surface area contributed by atoms with Gasteiger partial charge in [0.2, 0.25) is 5.03 Å². The highest BCUT2D eigenvalue weighted by atomic mass is 32.2. The summed E-state index contributed by atoms with van der Waals surface area (Å²) >= 11 is 0. The van der Waals surface area contributed by atoms with Crippen molar-refractivity contribution < 1.29 is 18.3 Å². The minimum Gasteiger partial charge on any atom is -0.478 e. The van der Waals surface area contributed by atoms with Gasteiger partial charge in [-0.1, -0.05) is 0 Å². The molecule has 1 N–H and O–H groups in total. The van der Waals surface area contributed by atoms with Gasteiger partial charge in [0.15, 0.2) is 0 Å². The number of nitrogens with zero attached hydrogens (tertiary/aromatic N) is 3. The van der Waals surface area contributed by atoms with Crippen LogP contribution in [0.2, 0.25) is 0 Å². The third-order valence-electron chi connectivity index (χ3n) is 3.11. The number of aromatic nitrogens is 2. The molecule has 0 amide bonds. The maximum Gasteiger partial charge on any atom is 0.340 e. The van der Waals surface area contributed by atoms with Crippen LogP contribution in [0.1, 0.15) is 43.1 Å². The number of carboxylic acid groups (broad SMARTS) is 1. The second-order valence-electron chi connectivity index (χ2n) is 4.84. The van der Waals surface area contributed by atoms with Crippen LogP contribution in [0.4, 0.5) is 0 Å². The van der Waals surface area contributed by atoms with Crippen LogP contribution in [-0.2, 0) is 10.0 Å². The van der Waals surface area contributed by atoms with Crippen molar-refractivity contribution in [2.24, 2.45) is 0 Å². The van der Waals surface area contributed by atoms with Gasteiger partial charge in [-0.25, -0.2) is 13.2 Å². The molecule has 8 heteroatoms. The summed E-state index contributed by atoms with van der Waals surface area (Å²) in [6, 6.07) is -0.0966. The van der Waals surface area contributed by atoms with Crippen LogP contribution < -0.4 is 0 Å². The van der Waals surface area contributed by atoms with E-state index in [4.69, 9.17) is 5.11 Å². The molecule has 1 saturated heterocycles. The maximum absolute atomic E-state index is 12.4. The Hall–Kier alpha value is -1.41. The Balaban J connectivity index is 2.51. The van der Waals surface area contributed by atoms with Gasteiger partial charge in [0.05, 0.1) is 0 Å². The van der Waals surface area contributed by atoms with Gasteiger partial charge in [0, 0.05) is 25.3 Å². The summed E-state index contributed by atoms with van der Waals surface area (Å²) in [5.41, 5.74) is -0.263. The van der Waals surface area contributed by atoms with Gasteiger partial charge in [-0.3, -0.25) is 4.68 Å².